The first-order valence-electron chi connectivity index (χ1n) is 7.53. The van der Waals surface area contributed by atoms with Crippen molar-refractivity contribution in [3.63, 3.8) is 0 Å². The predicted molar refractivity (Wildman–Crippen MR) is 86.5 cm³/mol. The molecule has 0 aliphatic carbocycles. The largest absolute Gasteiger partial charge is 0.354 e. The summed E-state index contributed by atoms with van der Waals surface area (Å²) in [4.78, 5) is 18.3. The lowest BCUT2D eigenvalue weighted by molar-refractivity contribution is 0.309. The molecule has 1 aromatic heterocycles. The molecule has 21 heavy (non-hydrogen) atoms. The normalized spacial score (nSPS) is 21.9. The Hall–Kier alpha value is -1.11. The zero-order valence-corrected chi connectivity index (χ0v) is 13.6. The Morgan fingerprint density at radius 3 is 1.90 bits per heavy atom. The minimum atomic E-state index is 0.535. The van der Waals surface area contributed by atoms with E-state index in [2.05, 4.69) is 38.7 Å². The second-order valence-electron chi connectivity index (χ2n) is 5.93. The van der Waals surface area contributed by atoms with Gasteiger partial charge >= 0.3 is 0 Å². The van der Waals surface area contributed by atoms with Gasteiger partial charge in [-0.25, -0.2) is 4.98 Å². The topological polar surface area (TPSA) is 38.7 Å². The van der Waals surface area contributed by atoms with Gasteiger partial charge in [-0.1, -0.05) is 11.6 Å². The fourth-order valence-corrected chi connectivity index (χ4v) is 2.91. The van der Waals surface area contributed by atoms with E-state index in [0.717, 1.165) is 64.1 Å². The molecule has 2 saturated heterocycles. The summed E-state index contributed by atoms with van der Waals surface area (Å²) >= 11 is 6.22. The van der Waals surface area contributed by atoms with Crippen LogP contribution in [0.2, 0.25) is 5.15 Å². The summed E-state index contributed by atoms with van der Waals surface area (Å²) in [5.41, 5.74) is 0. The number of rotatable bonds is 2. The van der Waals surface area contributed by atoms with Crippen LogP contribution < -0.4 is 9.80 Å². The van der Waals surface area contributed by atoms with Crippen LogP contribution in [0.25, 0.3) is 0 Å². The Kier molecular flexibility index (Phi) is 4.47. The van der Waals surface area contributed by atoms with Crippen molar-refractivity contribution in [1.29, 1.82) is 0 Å². The van der Waals surface area contributed by atoms with E-state index in [-0.39, 0.29) is 0 Å². The van der Waals surface area contributed by atoms with E-state index < -0.39 is 0 Å². The molecule has 0 atom stereocenters. The van der Waals surface area contributed by atoms with E-state index in [4.69, 9.17) is 16.6 Å². The van der Waals surface area contributed by atoms with Gasteiger partial charge in [0.1, 0.15) is 11.0 Å². The lowest BCUT2D eigenvalue weighted by Crippen LogP contribution is -2.46. The van der Waals surface area contributed by atoms with Crippen LogP contribution in [0, 0.1) is 0 Å². The molecule has 2 aliphatic heterocycles. The Morgan fingerprint density at radius 1 is 0.810 bits per heavy atom. The molecule has 0 aromatic carbocycles. The Balaban J connectivity index is 1.76. The summed E-state index contributed by atoms with van der Waals surface area (Å²) in [5, 5.41) is 0.535. The van der Waals surface area contributed by atoms with Crippen LogP contribution in [0.1, 0.15) is 0 Å². The number of halogens is 1. The molecule has 0 amide bonds. The molecular weight excluding hydrogens is 288 g/mol. The van der Waals surface area contributed by atoms with Crippen molar-refractivity contribution < 1.29 is 0 Å². The third-order valence-electron chi connectivity index (χ3n) is 4.28. The Morgan fingerprint density at radius 2 is 1.33 bits per heavy atom. The van der Waals surface area contributed by atoms with E-state index in [1.165, 1.54) is 0 Å². The maximum atomic E-state index is 6.22. The highest BCUT2D eigenvalue weighted by Gasteiger charge is 2.20. The molecule has 2 fully saturated rings. The standard InChI is InChI=1S/C14H23ClN6/c1-18-3-7-20(8-4-18)13-11-12(15)16-14(17-13)21-9-5-19(2)6-10-21/h11H,3-10H2,1-2H3. The molecular formula is C14H23ClN6. The van der Waals surface area contributed by atoms with Gasteiger partial charge in [0.05, 0.1) is 0 Å². The first kappa shape index (κ1) is 14.8. The second kappa shape index (κ2) is 6.34. The lowest BCUT2D eigenvalue weighted by atomic mass is 10.3. The third kappa shape index (κ3) is 3.56. The van der Waals surface area contributed by atoms with Gasteiger partial charge in [-0.05, 0) is 14.1 Å². The van der Waals surface area contributed by atoms with Crippen LogP contribution >= 0.6 is 11.6 Å². The molecule has 7 heteroatoms. The van der Waals surface area contributed by atoms with Crippen LogP contribution in [0.4, 0.5) is 11.8 Å². The monoisotopic (exact) mass is 310 g/mol. The van der Waals surface area contributed by atoms with Crippen LogP contribution in [-0.2, 0) is 0 Å². The quantitative estimate of drug-likeness (QED) is 0.746. The minimum Gasteiger partial charge on any atom is -0.354 e. The SMILES string of the molecule is CN1CCN(c2cc(Cl)nc(N3CCN(C)CC3)n2)CC1. The van der Waals surface area contributed by atoms with E-state index in [0.29, 0.717) is 5.15 Å². The molecule has 3 heterocycles. The van der Waals surface area contributed by atoms with Crippen LogP contribution in [-0.4, -0.2) is 86.2 Å². The average Bonchev–Trinajstić information content (AvgIpc) is 2.48. The Bertz CT molecular complexity index is 440. The number of hydrogen-bond donors (Lipinski definition) is 0. The molecule has 0 spiro atoms. The molecule has 2 aliphatic rings. The highest BCUT2D eigenvalue weighted by molar-refractivity contribution is 6.29. The number of anilines is 2. The highest BCUT2D eigenvalue weighted by Crippen LogP contribution is 2.22. The third-order valence-corrected chi connectivity index (χ3v) is 4.48. The first-order valence-corrected chi connectivity index (χ1v) is 7.91. The molecule has 1 aromatic rings. The molecule has 0 saturated carbocycles. The molecule has 0 N–H and O–H groups in total. The van der Waals surface area contributed by atoms with E-state index in [9.17, 15) is 0 Å². The van der Waals surface area contributed by atoms with Crippen molar-refractivity contribution in [3.8, 4) is 0 Å². The first-order chi connectivity index (χ1) is 10.1. The van der Waals surface area contributed by atoms with Gasteiger partial charge in [0, 0.05) is 58.4 Å². The van der Waals surface area contributed by atoms with Gasteiger partial charge in [-0.2, -0.15) is 4.98 Å². The van der Waals surface area contributed by atoms with Gasteiger partial charge in [-0.15, -0.1) is 0 Å². The van der Waals surface area contributed by atoms with Crippen molar-refractivity contribution in [1.82, 2.24) is 19.8 Å². The zero-order valence-electron chi connectivity index (χ0n) is 12.8. The fraction of sp³-hybridized carbons (Fsp3) is 0.714. The van der Waals surface area contributed by atoms with Crippen molar-refractivity contribution in [3.05, 3.63) is 11.2 Å². The highest BCUT2D eigenvalue weighted by atomic mass is 35.5. The van der Waals surface area contributed by atoms with Crippen LogP contribution in [0.3, 0.4) is 0 Å². The molecule has 0 bridgehead atoms. The maximum absolute atomic E-state index is 6.22. The molecule has 116 valence electrons. The van der Waals surface area contributed by atoms with Crippen LogP contribution in [0.15, 0.2) is 6.07 Å². The number of nitrogens with zero attached hydrogens (tertiary/aromatic N) is 6. The maximum Gasteiger partial charge on any atom is 0.228 e. The summed E-state index contributed by atoms with van der Waals surface area (Å²) in [6.45, 7) is 8.10. The molecule has 0 radical (unpaired) electrons. The predicted octanol–water partition coefficient (Wildman–Crippen LogP) is 0.634. The van der Waals surface area contributed by atoms with Gasteiger partial charge in [0.15, 0.2) is 0 Å². The van der Waals surface area contributed by atoms with Crippen molar-refractivity contribution >= 4 is 23.4 Å². The van der Waals surface area contributed by atoms with E-state index >= 15 is 0 Å². The number of hydrogen-bond acceptors (Lipinski definition) is 6. The van der Waals surface area contributed by atoms with Crippen molar-refractivity contribution in [2.24, 2.45) is 0 Å². The number of aromatic nitrogens is 2. The van der Waals surface area contributed by atoms with Gasteiger partial charge in [0.2, 0.25) is 5.95 Å². The smallest absolute Gasteiger partial charge is 0.228 e. The summed E-state index contributed by atoms with van der Waals surface area (Å²) in [5.74, 6) is 1.72. The zero-order chi connectivity index (χ0) is 14.8. The minimum absolute atomic E-state index is 0.535. The fourth-order valence-electron chi connectivity index (χ4n) is 2.74. The molecule has 6 nitrogen and oxygen atoms in total. The summed E-state index contributed by atoms with van der Waals surface area (Å²) in [6.07, 6.45) is 0. The molecule has 0 unspecified atom stereocenters. The second-order valence-corrected chi connectivity index (χ2v) is 6.32. The van der Waals surface area contributed by atoms with Crippen molar-refractivity contribution in [2.45, 2.75) is 0 Å². The average molecular weight is 311 g/mol. The molecule has 3 rings (SSSR count). The summed E-state index contributed by atoms with van der Waals surface area (Å²) in [6, 6.07) is 1.88. The number of piperazine rings is 2. The summed E-state index contributed by atoms with van der Waals surface area (Å²) in [7, 11) is 4.30. The van der Waals surface area contributed by atoms with Gasteiger partial charge in [0.25, 0.3) is 0 Å². The van der Waals surface area contributed by atoms with Gasteiger partial charge in [-0.3, -0.25) is 0 Å². The Labute approximate surface area is 131 Å². The van der Waals surface area contributed by atoms with Gasteiger partial charge < -0.3 is 19.6 Å². The van der Waals surface area contributed by atoms with Crippen LogP contribution in [0.5, 0.6) is 0 Å². The van der Waals surface area contributed by atoms with E-state index in [1.807, 2.05) is 6.07 Å². The summed E-state index contributed by atoms with van der Waals surface area (Å²) < 4.78 is 0. The van der Waals surface area contributed by atoms with E-state index in [1.54, 1.807) is 0 Å². The lowest BCUT2D eigenvalue weighted by Gasteiger charge is -2.35. The van der Waals surface area contributed by atoms with Crippen molar-refractivity contribution in [2.75, 3.05) is 76.3 Å². The number of likely N-dealkylation sites (N-methyl/N-ethyl adjacent to an activating group) is 2.